The monoisotopic (exact) mass is 447 g/mol. The van der Waals surface area contributed by atoms with Crippen LogP contribution in [0.3, 0.4) is 0 Å². The van der Waals surface area contributed by atoms with Crippen LogP contribution in [0.4, 0.5) is 10.5 Å². The first-order valence-corrected chi connectivity index (χ1v) is 8.01. The molecule has 1 aromatic rings. The number of amides is 2. The molecule has 4 N–H and O–H groups in total. The standard InChI is InChI=1S/C17H29N5O.HI/c1-12(2)10-19-16(18-5)20-11-14-6-8-15(9-7-14)22-17(23)21-13(3)4;/h6-9,12-13H,10-11H2,1-5H3,(H2,18,19,20)(H2,21,22,23);1H. The van der Waals surface area contributed by atoms with Gasteiger partial charge in [0, 0.05) is 31.9 Å². The van der Waals surface area contributed by atoms with E-state index in [1.54, 1.807) is 7.05 Å². The molecule has 0 saturated heterocycles. The molecule has 0 unspecified atom stereocenters. The van der Waals surface area contributed by atoms with Gasteiger partial charge in [0.15, 0.2) is 5.96 Å². The highest BCUT2D eigenvalue weighted by Crippen LogP contribution is 2.09. The lowest BCUT2D eigenvalue weighted by Gasteiger charge is -2.14. The maximum atomic E-state index is 11.6. The Kier molecular flexibility index (Phi) is 11.2. The Morgan fingerprint density at radius 3 is 2.21 bits per heavy atom. The van der Waals surface area contributed by atoms with Crippen molar-refractivity contribution in [2.75, 3.05) is 18.9 Å². The molecule has 24 heavy (non-hydrogen) atoms. The average molecular weight is 447 g/mol. The molecule has 1 rings (SSSR count). The summed E-state index contributed by atoms with van der Waals surface area (Å²) in [6.07, 6.45) is 0. The average Bonchev–Trinajstić information content (AvgIpc) is 2.48. The molecule has 2 amide bonds. The van der Waals surface area contributed by atoms with E-state index in [1.807, 2.05) is 38.1 Å². The maximum Gasteiger partial charge on any atom is 0.319 e. The Balaban J connectivity index is 0.00000529. The van der Waals surface area contributed by atoms with Crippen molar-refractivity contribution < 1.29 is 4.79 Å². The molecule has 0 heterocycles. The van der Waals surface area contributed by atoms with Gasteiger partial charge < -0.3 is 21.3 Å². The van der Waals surface area contributed by atoms with Gasteiger partial charge in [-0.2, -0.15) is 0 Å². The highest BCUT2D eigenvalue weighted by molar-refractivity contribution is 14.0. The minimum Gasteiger partial charge on any atom is -0.356 e. The second kappa shape index (κ2) is 11.9. The molecule has 0 aromatic heterocycles. The number of guanidine groups is 1. The number of benzene rings is 1. The number of carbonyl (C=O) groups excluding carboxylic acids is 1. The number of halogens is 1. The molecule has 1 aromatic carbocycles. The van der Waals surface area contributed by atoms with Crippen molar-refractivity contribution >= 4 is 41.7 Å². The number of rotatable bonds is 6. The van der Waals surface area contributed by atoms with Gasteiger partial charge in [-0.15, -0.1) is 24.0 Å². The zero-order valence-electron chi connectivity index (χ0n) is 15.1. The van der Waals surface area contributed by atoms with Crippen LogP contribution in [0.2, 0.25) is 0 Å². The van der Waals surface area contributed by atoms with Crippen LogP contribution in [0.1, 0.15) is 33.3 Å². The van der Waals surface area contributed by atoms with Crippen molar-refractivity contribution in [1.29, 1.82) is 0 Å². The van der Waals surface area contributed by atoms with Crippen molar-refractivity contribution in [3.05, 3.63) is 29.8 Å². The van der Waals surface area contributed by atoms with E-state index < -0.39 is 0 Å². The summed E-state index contributed by atoms with van der Waals surface area (Å²) in [5.41, 5.74) is 1.89. The van der Waals surface area contributed by atoms with Crippen LogP contribution in [0.15, 0.2) is 29.3 Å². The Hall–Kier alpha value is -1.51. The summed E-state index contributed by atoms with van der Waals surface area (Å²) in [5.74, 6) is 1.35. The first kappa shape index (κ1) is 22.5. The van der Waals surface area contributed by atoms with Crippen LogP contribution < -0.4 is 21.3 Å². The van der Waals surface area contributed by atoms with Crippen LogP contribution in [0, 0.1) is 5.92 Å². The van der Waals surface area contributed by atoms with Gasteiger partial charge in [-0.1, -0.05) is 26.0 Å². The molecule has 0 saturated carbocycles. The van der Waals surface area contributed by atoms with Crippen molar-refractivity contribution in [2.45, 2.75) is 40.3 Å². The number of urea groups is 1. The highest BCUT2D eigenvalue weighted by Gasteiger charge is 2.04. The largest absolute Gasteiger partial charge is 0.356 e. The molecule has 0 atom stereocenters. The van der Waals surface area contributed by atoms with Crippen LogP contribution in [-0.2, 0) is 6.54 Å². The summed E-state index contributed by atoms with van der Waals surface area (Å²) < 4.78 is 0. The number of hydrogen-bond donors (Lipinski definition) is 4. The third-order valence-corrected chi connectivity index (χ3v) is 2.99. The van der Waals surface area contributed by atoms with Crippen LogP contribution in [0.25, 0.3) is 0 Å². The molecule has 7 heteroatoms. The van der Waals surface area contributed by atoms with Crippen molar-refractivity contribution in [2.24, 2.45) is 10.9 Å². The molecule has 0 fully saturated rings. The Bertz CT molecular complexity index is 514. The SMILES string of the molecule is CN=C(NCc1ccc(NC(=O)NC(C)C)cc1)NCC(C)C.I. The number of nitrogens with zero attached hydrogens (tertiary/aromatic N) is 1. The lowest BCUT2D eigenvalue weighted by atomic mass is 10.2. The molecule has 0 aliphatic rings. The van der Waals surface area contributed by atoms with Crippen LogP contribution in [-0.4, -0.2) is 31.6 Å². The van der Waals surface area contributed by atoms with Gasteiger partial charge >= 0.3 is 6.03 Å². The number of hydrogen-bond acceptors (Lipinski definition) is 2. The highest BCUT2D eigenvalue weighted by atomic mass is 127. The fourth-order valence-electron chi connectivity index (χ4n) is 1.84. The maximum absolute atomic E-state index is 11.6. The molecule has 0 spiro atoms. The molecule has 0 aliphatic heterocycles. The van der Waals surface area contributed by atoms with E-state index in [2.05, 4.69) is 40.1 Å². The Morgan fingerprint density at radius 2 is 1.71 bits per heavy atom. The second-order valence-electron chi connectivity index (χ2n) is 6.15. The van der Waals surface area contributed by atoms with Crippen LogP contribution >= 0.6 is 24.0 Å². The minimum atomic E-state index is -0.191. The van der Waals surface area contributed by atoms with Gasteiger partial charge in [0.25, 0.3) is 0 Å². The van der Waals surface area contributed by atoms with Crippen molar-refractivity contribution in [3.63, 3.8) is 0 Å². The van der Waals surface area contributed by atoms with Gasteiger partial charge in [-0.05, 0) is 37.5 Å². The molecular formula is C17H30IN5O. The van der Waals surface area contributed by atoms with E-state index in [-0.39, 0.29) is 36.0 Å². The topological polar surface area (TPSA) is 77.5 Å². The third kappa shape index (κ3) is 9.59. The summed E-state index contributed by atoms with van der Waals surface area (Å²) >= 11 is 0. The normalized spacial score (nSPS) is 11.0. The predicted molar refractivity (Wildman–Crippen MR) is 112 cm³/mol. The summed E-state index contributed by atoms with van der Waals surface area (Å²) in [5, 5.41) is 12.1. The summed E-state index contributed by atoms with van der Waals surface area (Å²) in [6, 6.07) is 7.66. The van der Waals surface area contributed by atoms with E-state index in [9.17, 15) is 4.79 Å². The van der Waals surface area contributed by atoms with Crippen LogP contribution in [0.5, 0.6) is 0 Å². The molecule has 136 valence electrons. The lowest BCUT2D eigenvalue weighted by molar-refractivity contribution is 0.250. The third-order valence-electron chi connectivity index (χ3n) is 2.99. The quantitative estimate of drug-likeness (QED) is 0.308. The zero-order chi connectivity index (χ0) is 17.2. The fraction of sp³-hybridized carbons (Fsp3) is 0.529. The first-order valence-electron chi connectivity index (χ1n) is 8.01. The Morgan fingerprint density at radius 1 is 1.08 bits per heavy atom. The van der Waals surface area contributed by atoms with Gasteiger partial charge in [0.2, 0.25) is 0 Å². The second-order valence-corrected chi connectivity index (χ2v) is 6.15. The van der Waals surface area contributed by atoms with Crippen molar-refractivity contribution in [3.8, 4) is 0 Å². The fourth-order valence-corrected chi connectivity index (χ4v) is 1.84. The van der Waals surface area contributed by atoms with Gasteiger partial charge in [0.05, 0.1) is 0 Å². The Labute approximate surface area is 162 Å². The zero-order valence-corrected chi connectivity index (χ0v) is 17.5. The summed E-state index contributed by atoms with van der Waals surface area (Å²) in [7, 11) is 1.76. The number of aliphatic imine (C=N–C) groups is 1. The number of carbonyl (C=O) groups is 1. The molecule has 6 nitrogen and oxygen atoms in total. The van der Waals surface area contributed by atoms with Gasteiger partial charge in [-0.25, -0.2) is 4.79 Å². The molecular weight excluding hydrogens is 417 g/mol. The van der Waals surface area contributed by atoms with E-state index in [4.69, 9.17) is 0 Å². The summed E-state index contributed by atoms with van der Waals surface area (Å²) in [4.78, 5) is 15.8. The lowest BCUT2D eigenvalue weighted by Crippen LogP contribution is -2.38. The minimum absolute atomic E-state index is 0. The molecule has 0 aliphatic carbocycles. The number of nitrogens with one attached hydrogen (secondary N) is 4. The molecule has 0 radical (unpaired) electrons. The predicted octanol–water partition coefficient (Wildman–Crippen LogP) is 3.16. The van der Waals surface area contributed by atoms with E-state index in [1.165, 1.54) is 0 Å². The van der Waals surface area contributed by atoms with E-state index in [0.717, 1.165) is 23.8 Å². The summed E-state index contributed by atoms with van der Waals surface area (Å²) in [6.45, 7) is 9.72. The number of anilines is 1. The smallest absolute Gasteiger partial charge is 0.319 e. The van der Waals surface area contributed by atoms with E-state index >= 15 is 0 Å². The van der Waals surface area contributed by atoms with Gasteiger partial charge in [0.1, 0.15) is 0 Å². The molecule has 0 bridgehead atoms. The first-order chi connectivity index (χ1) is 10.9. The van der Waals surface area contributed by atoms with E-state index in [0.29, 0.717) is 12.5 Å². The van der Waals surface area contributed by atoms with Gasteiger partial charge in [-0.3, -0.25) is 4.99 Å². The van der Waals surface area contributed by atoms with Crippen molar-refractivity contribution in [1.82, 2.24) is 16.0 Å².